The van der Waals surface area contributed by atoms with Gasteiger partial charge in [-0.25, -0.2) is 4.79 Å². The molecule has 0 saturated carbocycles. The highest BCUT2D eigenvalue weighted by Crippen LogP contribution is 2.32. The number of carbonyl (C=O) groups excluding carboxylic acids is 1. The SMILES string of the molecule is CCOC(=O)C1COc2ccc(C)cc2O1. The standard InChI is InChI=1S/C12H14O4/c1-3-14-12(13)11-7-15-9-5-4-8(2)6-10(9)16-11/h4-6,11H,3,7H2,1-2H3. The molecular weight excluding hydrogens is 208 g/mol. The predicted octanol–water partition coefficient (Wildman–Crippen LogP) is 1.70. The van der Waals surface area contributed by atoms with Crippen molar-refractivity contribution in [3.8, 4) is 11.5 Å². The Bertz CT molecular complexity index is 400. The van der Waals surface area contributed by atoms with E-state index in [9.17, 15) is 4.79 Å². The van der Waals surface area contributed by atoms with E-state index in [-0.39, 0.29) is 12.6 Å². The smallest absolute Gasteiger partial charge is 0.350 e. The van der Waals surface area contributed by atoms with Crippen molar-refractivity contribution >= 4 is 5.97 Å². The van der Waals surface area contributed by atoms with Crippen LogP contribution in [0.1, 0.15) is 12.5 Å². The third-order valence-corrected chi connectivity index (χ3v) is 2.31. The Hall–Kier alpha value is -1.71. The number of aryl methyl sites for hydroxylation is 1. The van der Waals surface area contributed by atoms with Crippen LogP contribution >= 0.6 is 0 Å². The monoisotopic (exact) mass is 222 g/mol. The first-order chi connectivity index (χ1) is 7.70. The Morgan fingerprint density at radius 3 is 3.06 bits per heavy atom. The van der Waals surface area contributed by atoms with Gasteiger partial charge in [-0.05, 0) is 31.5 Å². The molecule has 86 valence electrons. The molecule has 4 heteroatoms. The summed E-state index contributed by atoms with van der Waals surface area (Å²) in [6, 6.07) is 5.62. The van der Waals surface area contributed by atoms with Crippen LogP contribution in [0.25, 0.3) is 0 Å². The van der Waals surface area contributed by atoms with Gasteiger partial charge in [0.2, 0.25) is 6.10 Å². The van der Waals surface area contributed by atoms with Crippen molar-refractivity contribution in [1.82, 2.24) is 0 Å². The highest BCUT2D eigenvalue weighted by molar-refractivity contribution is 5.76. The summed E-state index contributed by atoms with van der Waals surface area (Å²) in [6.45, 7) is 4.27. The van der Waals surface area contributed by atoms with Crippen LogP contribution in [-0.2, 0) is 9.53 Å². The lowest BCUT2D eigenvalue weighted by Crippen LogP contribution is -2.37. The summed E-state index contributed by atoms with van der Waals surface area (Å²) < 4.78 is 15.8. The second-order valence-electron chi connectivity index (χ2n) is 3.62. The first-order valence-electron chi connectivity index (χ1n) is 5.27. The summed E-state index contributed by atoms with van der Waals surface area (Å²) in [5.41, 5.74) is 1.06. The lowest BCUT2D eigenvalue weighted by atomic mass is 10.2. The van der Waals surface area contributed by atoms with Gasteiger partial charge in [0.15, 0.2) is 11.5 Å². The minimum Gasteiger partial charge on any atom is -0.485 e. The summed E-state index contributed by atoms with van der Waals surface area (Å²) in [7, 11) is 0. The summed E-state index contributed by atoms with van der Waals surface area (Å²) in [5.74, 6) is 0.894. The lowest BCUT2D eigenvalue weighted by Gasteiger charge is -2.25. The van der Waals surface area contributed by atoms with Gasteiger partial charge < -0.3 is 14.2 Å². The maximum Gasteiger partial charge on any atom is 0.350 e. The summed E-state index contributed by atoms with van der Waals surface area (Å²) in [5, 5.41) is 0. The Labute approximate surface area is 94.1 Å². The van der Waals surface area contributed by atoms with Crippen molar-refractivity contribution in [2.24, 2.45) is 0 Å². The van der Waals surface area contributed by atoms with Gasteiger partial charge >= 0.3 is 5.97 Å². The quantitative estimate of drug-likeness (QED) is 0.714. The minimum atomic E-state index is -0.658. The summed E-state index contributed by atoms with van der Waals surface area (Å²) in [4.78, 5) is 11.5. The van der Waals surface area contributed by atoms with Crippen molar-refractivity contribution < 1.29 is 19.0 Å². The summed E-state index contributed by atoms with van der Waals surface area (Å²) in [6.07, 6.45) is -0.658. The first-order valence-corrected chi connectivity index (χ1v) is 5.27. The van der Waals surface area contributed by atoms with Crippen molar-refractivity contribution in [2.75, 3.05) is 13.2 Å². The zero-order valence-electron chi connectivity index (χ0n) is 9.36. The molecule has 1 aromatic rings. The molecule has 2 rings (SSSR count). The summed E-state index contributed by atoms with van der Waals surface area (Å²) >= 11 is 0. The van der Waals surface area contributed by atoms with E-state index in [0.717, 1.165) is 5.56 Å². The Kier molecular flexibility index (Phi) is 2.99. The van der Waals surface area contributed by atoms with Crippen LogP contribution in [-0.4, -0.2) is 25.3 Å². The van der Waals surface area contributed by atoms with Gasteiger partial charge in [0, 0.05) is 0 Å². The molecule has 0 amide bonds. The first kappa shape index (κ1) is 10.8. The minimum absolute atomic E-state index is 0.203. The third-order valence-electron chi connectivity index (χ3n) is 2.31. The van der Waals surface area contributed by atoms with E-state index >= 15 is 0 Å². The average Bonchev–Trinajstić information content (AvgIpc) is 2.28. The fourth-order valence-corrected chi connectivity index (χ4v) is 1.53. The van der Waals surface area contributed by atoms with E-state index in [1.807, 2.05) is 25.1 Å². The van der Waals surface area contributed by atoms with Gasteiger partial charge in [-0.15, -0.1) is 0 Å². The van der Waals surface area contributed by atoms with Gasteiger partial charge in [-0.2, -0.15) is 0 Å². The maximum absolute atomic E-state index is 11.5. The van der Waals surface area contributed by atoms with Gasteiger partial charge in [-0.1, -0.05) is 6.07 Å². The number of benzene rings is 1. The predicted molar refractivity (Wildman–Crippen MR) is 57.7 cm³/mol. The Morgan fingerprint density at radius 2 is 2.31 bits per heavy atom. The lowest BCUT2D eigenvalue weighted by molar-refractivity contribution is -0.153. The average molecular weight is 222 g/mol. The number of rotatable bonds is 2. The molecule has 0 N–H and O–H groups in total. The molecule has 0 bridgehead atoms. The maximum atomic E-state index is 11.5. The van der Waals surface area contributed by atoms with Crippen LogP contribution < -0.4 is 9.47 Å². The molecule has 1 aliphatic heterocycles. The van der Waals surface area contributed by atoms with E-state index in [1.54, 1.807) is 6.92 Å². The number of esters is 1. The molecule has 1 aliphatic rings. The molecule has 1 aromatic carbocycles. The van der Waals surface area contributed by atoms with Crippen LogP contribution in [0.4, 0.5) is 0 Å². The Morgan fingerprint density at radius 1 is 1.50 bits per heavy atom. The van der Waals surface area contributed by atoms with E-state index in [1.165, 1.54) is 0 Å². The molecule has 0 aromatic heterocycles. The third kappa shape index (κ3) is 2.10. The molecule has 0 fully saturated rings. The van der Waals surface area contributed by atoms with E-state index in [0.29, 0.717) is 18.1 Å². The number of carbonyl (C=O) groups is 1. The molecule has 1 atom stereocenters. The van der Waals surface area contributed by atoms with E-state index in [4.69, 9.17) is 14.2 Å². The number of hydrogen-bond acceptors (Lipinski definition) is 4. The molecule has 1 heterocycles. The fraction of sp³-hybridized carbons (Fsp3) is 0.417. The van der Waals surface area contributed by atoms with Crippen LogP contribution in [0.2, 0.25) is 0 Å². The Balaban J connectivity index is 2.13. The van der Waals surface area contributed by atoms with Crippen LogP contribution in [0.5, 0.6) is 11.5 Å². The molecule has 16 heavy (non-hydrogen) atoms. The van der Waals surface area contributed by atoms with Crippen molar-refractivity contribution in [3.05, 3.63) is 23.8 Å². The van der Waals surface area contributed by atoms with Crippen LogP contribution in [0, 0.1) is 6.92 Å². The van der Waals surface area contributed by atoms with Gasteiger partial charge in [-0.3, -0.25) is 0 Å². The van der Waals surface area contributed by atoms with Crippen molar-refractivity contribution in [1.29, 1.82) is 0 Å². The molecule has 0 aliphatic carbocycles. The second kappa shape index (κ2) is 4.43. The van der Waals surface area contributed by atoms with E-state index < -0.39 is 6.10 Å². The second-order valence-corrected chi connectivity index (χ2v) is 3.62. The molecule has 0 saturated heterocycles. The largest absolute Gasteiger partial charge is 0.485 e. The molecule has 0 spiro atoms. The van der Waals surface area contributed by atoms with Crippen LogP contribution in [0.15, 0.2) is 18.2 Å². The van der Waals surface area contributed by atoms with E-state index in [2.05, 4.69) is 0 Å². The highest BCUT2D eigenvalue weighted by atomic mass is 16.6. The zero-order valence-corrected chi connectivity index (χ0v) is 9.36. The van der Waals surface area contributed by atoms with Crippen molar-refractivity contribution in [3.63, 3.8) is 0 Å². The van der Waals surface area contributed by atoms with Crippen LogP contribution in [0.3, 0.4) is 0 Å². The normalized spacial score (nSPS) is 18.0. The highest BCUT2D eigenvalue weighted by Gasteiger charge is 2.28. The number of hydrogen-bond donors (Lipinski definition) is 0. The molecule has 1 unspecified atom stereocenters. The fourth-order valence-electron chi connectivity index (χ4n) is 1.53. The molecule has 4 nitrogen and oxygen atoms in total. The van der Waals surface area contributed by atoms with Crippen molar-refractivity contribution in [2.45, 2.75) is 20.0 Å². The molecule has 0 radical (unpaired) electrons. The topological polar surface area (TPSA) is 44.8 Å². The zero-order chi connectivity index (χ0) is 11.5. The number of fused-ring (bicyclic) bond motifs is 1. The van der Waals surface area contributed by atoms with Gasteiger partial charge in [0.1, 0.15) is 6.61 Å². The van der Waals surface area contributed by atoms with Gasteiger partial charge in [0.25, 0.3) is 0 Å². The molecular formula is C12H14O4. The van der Waals surface area contributed by atoms with Gasteiger partial charge in [0.05, 0.1) is 6.61 Å². The number of ether oxygens (including phenoxy) is 3.